The van der Waals surface area contributed by atoms with Crippen molar-refractivity contribution in [3.8, 4) is 11.5 Å². The predicted octanol–water partition coefficient (Wildman–Crippen LogP) is 4.82. The first-order valence-corrected chi connectivity index (χ1v) is 12.1. The number of halogens is 1. The molecule has 0 saturated carbocycles. The Bertz CT molecular complexity index is 1300. The molecule has 2 aliphatic heterocycles. The van der Waals surface area contributed by atoms with Crippen molar-refractivity contribution >= 4 is 35.1 Å². The molecular weight excluding hydrogens is 469 g/mol. The van der Waals surface area contributed by atoms with Crippen molar-refractivity contribution in [2.45, 2.75) is 11.4 Å². The molecule has 9 heteroatoms. The van der Waals surface area contributed by atoms with Gasteiger partial charge >= 0.3 is 6.03 Å². The van der Waals surface area contributed by atoms with Crippen LogP contribution in [-0.2, 0) is 16.2 Å². The van der Waals surface area contributed by atoms with Gasteiger partial charge in [-0.3, -0.25) is 9.69 Å². The van der Waals surface area contributed by atoms with Crippen LogP contribution in [0.1, 0.15) is 11.1 Å². The molecule has 3 aromatic carbocycles. The van der Waals surface area contributed by atoms with Crippen LogP contribution < -0.4 is 19.7 Å². The van der Waals surface area contributed by atoms with E-state index < -0.39 is 10.9 Å². The molecule has 1 N–H and O–H groups in total. The highest BCUT2D eigenvalue weighted by Gasteiger charge is 2.59. The topological polar surface area (TPSA) is 71.1 Å². The Morgan fingerprint density at radius 3 is 2.60 bits per heavy atom. The third-order valence-corrected chi connectivity index (χ3v) is 7.62. The van der Waals surface area contributed by atoms with Crippen molar-refractivity contribution < 1.29 is 23.5 Å². The van der Waals surface area contributed by atoms with Crippen LogP contribution in [0.2, 0.25) is 0 Å². The number of nitrogens with one attached hydrogen (secondary N) is 1. The second-order valence-corrected chi connectivity index (χ2v) is 9.50. The number of hydrogen-bond donors (Lipinski definition) is 1. The zero-order valence-corrected chi connectivity index (χ0v) is 20.1. The molecule has 1 spiro atoms. The van der Waals surface area contributed by atoms with Crippen molar-refractivity contribution in [2.75, 3.05) is 36.7 Å². The molecule has 0 aromatic heterocycles. The van der Waals surface area contributed by atoms with E-state index in [0.717, 1.165) is 0 Å². The van der Waals surface area contributed by atoms with E-state index in [0.29, 0.717) is 46.3 Å². The first-order chi connectivity index (χ1) is 17.0. The number of fused-ring (bicyclic) bond motifs is 2. The lowest BCUT2D eigenvalue weighted by Crippen LogP contribution is -2.51. The maximum absolute atomic E-state index is 14.1. The van der Waals surface area contributed by atoms with Crippen LogP contribution in [0.15, 0.2) is 66.7 Å². The molecule has 35 heavy (non-hydrogen) atoms. The third kappa shape index (κ3) is 3.95. The molecule has 3 aromatic rings. The third-order valence-electron chi connectivity index (χ3n) is 6.20. The molecule has 2 heterocycles. The Labute approximate surface area is 206 Å². The predicted molar refractivity (Wildman–Crippen MR) is 133 cm³/mol. The second-order valence-electron chi connectivity index (χ2n) is 8.21. The van der Waals surface area contributed by atoms with E-state index in [4.69, 9.17) is 9.47 Å². The summed E-state index contributed by atoms with van der Waals surface area (Å²) in [6.45, 7) is 0.570. The van der Waals surface area contributed by atoms with Gasteiger partial charge in [0.05, 0.1) is 26.5 Å². The first-order valence-electron chi connectivity index (χ1n) is 11.1. The van der Waals surface area contributed by atoms with Crippen LogP contribution in [0.3, 0.4) is 0 Å². The van der Waals surface area contributed by atoms with Gasteiger partial charge < -0.3 is 19.7 Å². The smallest absolute Gasteiger partial charge is 0.323 e. The van der Waals surface area contributed by atoms with Crippen LogP contribution in [0, 0.1) is 5.82 Å². The standard InChI is InChI=1S/C26H24FN3O4S/c1-33-20-8-4-7-19(14-20)28-25(32)30-11-12-35-26(30)22-15-21(34-2)9-10-23(22)29(24(26)31)16-17-5-3-6-18(27)13-17/h3-10,13-15H,11-12,16H2,1-2H3,(H,28,32)/t26-/m1/s1. The van der Waals surface area contributed by atoms with Crippen LogP contribution in [0.5, 0.6) is 11.5 Å². The lowest BCUT2D eigenvalue weighted by Gasteiger charge is -2.33. The van der Waals surface area contributed by atoms with E-state index in [-0.39, 0.29) is 18.3 Å². The molecule has 7 nitrogen and oxygen atoms in total. The summed E-state index contributed by atoms with van der Waals surface area (Å²) in [7, 11) is 3.12. The average Bonchev–Trinajstić information content (AvgIpc) is 3.41. The number of anilines is 2. The molecule has 0 radical (unpaired) electrons. The van der Waals surface area contributed by atoms with E-state index in [9.17, 15) is 14.0 Å². The minimum Gasteiger partial charge on any atom is -0.497 e. The van der Waals surface area contributed by atoms with Gasteiger partial charge in [-0.25, -0.2) is 9.18 Å². The van der Waals surface area contributed by atoms with Crippen LogP contribution in [0.25, 0.3) is 0 Å². The molecule has 5 rings (SSSR count). The highest BCUT2D eigenvalue weighted by molar-refractivity contribution is 8.01. The maximum atomic E-state index is 14.1. The molecule has 0 aliphatic carbocycles. The lowest BCUT2D eigenvalue weighted by molar-refractivity contribution is -0.123. The van der Waals surface area contributed by atoms with Gasteiger partial charge in [-0.1, -0.05) is 18.2 Å². The van der Waals surface area contributed by atoms with Gasteiger partial charge in [0.15, 0.2) is 4.87 Å². The van der Waals surface area contributed by atoms with Gasteiger partial charge in [-0.05, 0) is 48.0 Å². The number of carbonyl (C=O) groups is 2. The zero-order valence-electron chi connectivity index (χ0n) is 19.3. The second kappa shape index (κ2) is 9.14. The van der Waals surface area contributed by atoms with E-state index in [2.05, 4.69) is 5.32 Å². The summed E-state index contributed by atoms with van der Waals surface area (Å²) in [5.74, 6) is 1.18. The van der Waals surface area contributed by atoms with Crippen molar-refractivity contribution in [1.29, 1.82) is 0 Å². The zero-order chi connectivity index (χ0) is 24.6. The van der Waals surface area contributed by atoms with E-state index in [1.54, 1.807) is 66.5 Å². The lowest BCUT2D eigenvalue weighted by atomic mass is 10.1. The van der Waals surface area contributed by atoms with E-state index in [1.165, 1.54) is 23.9 Å². The van der Waals surface area contributed by atoms with E-state index in [1.807, 2.05) is 12.1 Å². The number of nitrogens with zero attached hydrogens (tertiary/aromatic N) is 2. The summed E-state index contributed by atoms with van der Waals surface area (Å²) in [4.78, 5) is 29.5. The highest BCUT2D eigenvalue weighted by atomic mass is 32.2. The van der Waals surface area contributed by atoms with Crippen molar-refractivity contribution in [1.82, 2.24) is 4.90 Å². The fraction of sp³-hybridized carbons (Fsp3) is 0.231. The molecule has 1 saturated heterocycles. The van der Waals surface area contributed by atoms with Gasteiger partial charge in [0.25, 0.3) is 5.91 Å². The number of urea groups is 1. The van der Waals surface area contributed by atoms with Gasteiger partial charge in [-0.2, -0.15) is 0 Å². The van der Waals surface area contributed by atoms with Crippen LogP contribution in [-0.4, -0.2) is 43.4 Å². The number of carbonyl (C=O) groups excluding carboxylic acids is 2. The van der Waals surface area contributed by atoms with Crippen LogP contribution in [0.4, 0.5) is 20.6 Å². The largest absolute Gasteiger partial charge is 0.497 e. The fourth-order valence-electron chi connectivity index (χ4n) is 4.59. The number of amides is 3. The van der Waals surface area contributed by atoms with Gasteiger partial charge in [0.1, 0.15) is 17.3 Å². The summed E-state index contributed by atoms with van der Waals surface area (Å²) in [5, 5.41) is 2.90. The fourth-order valence-corrected chi connectivity index (χ4v) is 6.04. The van der Waals surface area contributed by atoms with Gasteiger partial charge in [-0.15, -0.1) is 11.8 Å². The molecule has 0 unspecified atom stereocenters. The molecule has 1 atom stereocenters. The molecule has 3 amide bonds. The summed E-state index contributed by atoms with van der Waals surface area (Å²) in [5.41, 5.74) is 2.58. The average molecular weight is 494 g/mol. The molecule has 180 valence electrons. The number of benzene rings is 3. The number of rotatable bonds is 5. The Kier molecular flexibility index (Phi) is 6.02. The summed E-state index contributed by atoms with van der Waals surface area (Å²) < 4.78 is 24.6. The van der Waals surface area contributed by atoms with Crippen molar-refractivity contribution in [3.63, 3.8) is 0 Å². The first kappa shape index (κ1) is 23.0. The van der Waals surface area contributed by atoms with Crippen LogP contribution >= 0.6 is 11.8 Å². The number of ether oxygens (including phenoxy) is 2. The summed E-state index contributed by atoms with van der Waals surface area (Å²) in [6.07, 6.45) is 0. The Balaban J connectivity index is 1.53. The summed E-state index contributed by atoms with van der Waals surface area (Å²) >= 11 is 1.41. The molecule has 0 bridgehead atoms. The minimum absolute atomic E-state index is 0.184. The van der Waals surface area contributed by atoms with Gasteiger partial charge in [0, 0.05) is 29.6 Å². The quantitative estimate of drug-likeness (QED) is 0.552. The Morgan fingerprint density at radius 2 is 1.83 bits per heavy atom. The monoisotopic (exact) mass is 493 g/mol. The van der Waals surface area contributed by atoms with Gasteiger partial charge in [0.2, 0.25) is 0 Å². The summed E-state index contributed by atoms with van der Waals surface area (Å²) in [6, 6.07) is 18.2. The molecule has 1 fully saturated rings. The molecule has 2 aliphatic rings. The number of thioether (sulfide) groups is 1. The Morgan fingerprint density at radius 1 is 1.06 bits per heavy atom. The number of hydrogen-bond acceptors (Lipinski definition) is 5. The highest BCUT2D eigenvalue weighted by Crippen LogP contribution is 2.55. The maximum Gasteiger partial charge on any atom is 0.323 e. The van der Waals surface area contributed by atoms with E-state index >= 15 is 0 Å². The van der Waals surface area contributed by atoms with Crippen molar-refractivity contribution in [3.05, 3.63) is 83.7 Å². The number of methoxy groups -OCH3 is 2. The SMILES string of the molecule is COc1cccc(NC(=O)N2CCS[C@]23C(=O)N(Cc2cccc(F)c2)c2ccc(OC)cc23)c1. The molecular formula is C26H24FN3O4S. The van der Waals surface area contributed by atoms with Crippen molar-refractivity contribution in [2.24, 2.45) is 0 Å². The normalized spacial score (nSPS) is 18.7. The Hall–Kier alpha value is -3.72. The minimum atomic E-state index is -1.25.